The Morgan fingerprint density at radius 2 is 1.62 bits per heavy atom. The molecule has 1 N–H and O–H groups in total. The van der Waals surface area contributed by atoms with Crippen LogP contribution in [-0.2, 0) is 12.6 Å². The number of nitrogens with one attached hydrogen (secondary N) is 1. The van der Waals surface area contributed by atoms with Crippen LogP contribution in [0.25, 0.3) is 55.7 Å². The van der Waals surface area contributed by atoms with Gasteiger partial charge in [0.15, 0.2) is 5.65 Å². The van der Waals surface area contributed by atoms with Gasteiger partial charge in [-0.15, -0.1) is 0 Å². The van der Waals surface area contributed by atoms with Crippen LogP contribution in [0.4, 0.5) is 0 Å². The molecule has 0 fully saturated rings. The van der Waals surface area contributed by atoms with E-state index in [1.807, 2.05) is 42.8 Å². The molecule has 0 saturated carbocycles. The van der Waals surface area contributed by atoms with E-state index in [-0.39, 0.29) is 5.54 Å². The Labute approximate surface area is 197 Å². The minimum absolute atomic E-state index is 0.0530. The molecule has 0 aliphatic rings. The minimum Gasteiger partial charge on any atom is -0.344 e. The predicted molar refractivity (Wildman–Crippen MR) is 135 cm³/mol. The smallest absolute Gasteiger partial charge is 0.156 e. The van der Waals surface area contributed by atoms with Gasteiger partial charge in [0.05, 0.1) is 35.4 Å². The van der Waals surface area contributed by atoms with Gasteiger partial charge in [-0.3, -0.25) is 4.68 Å². The molecule has 6 rings (SSSR count). The Kier molecular flexibility index (Phi) is 4.42. The molecule has 0 atom stereocenters. The van der Waals surface area contributed by atoms with Gasteiger partial charge >= 0.3 is 0 Å². The van der Waals surface area contributed by atoms with Crippen molar-refractivity contribution in [2.45, 2.75) is 26.3 Å². The lowest BCUT2D eigenvalue weighted by atomic mass is 10.0. The molecule has 0 bridgehead atoms. The second-order valence-electron chi connectivity index (χ2n) is 9.62. The molecule has 2 aromatic carbocycles. The number of H-pyrrole nitrogens is 1. The molecule has 0 aliphatic carbocycles. The van der Waals surface area contributed by atoms with Crippen LogP contribution >= 0.6 is 0 Å². The van der Waals surface area contributed by atoms with Crippen molar-refractivity contribution in [1.82, 2.24) is 34.3 Å². The summed E-state index contributed by atoms with van der Waals surface area (Å²) in [5.41, 5.74) is 9.86. The SMILES string of the molecule is Cn1cc(-c2ccc(-c3cnc4[nH]cc(-c5ccc6ncn(C(C)(C)C)c6c5)c4n3)cc2)cn1. The van der Waals surface area contributed by atoms with Gasteiger partial charge in [0, 0.05) is 41.7 Å². The number of hydrogen-bond acceptors (Lipinski definition) is 4. The molecule has 0 spiro atoms. The topological polar surface area (TPSA) is 77.2 Å². The van der Waals surface area contributed by atoms with Crippen molar-refractivity contribution in [1.29, 1.82) is 0 Å². The summed E-state index contributed by atoms with van der Waals surface area (Å²) in [6.07, 6.45) is 9.60. The molecule has 0 amide bonds. The van der Waals surface area contributed by atoms with Crippen LogP contribution < -0.4 is 0 Å². The molecular weight excluding hydrogens is 422 g/mol. The number of aromatic nitrogens is 7. The number of hydrogen-bond donors (Lipinski definition) is 1. The van der Waals surface area contributed by atoms with Gasteiger partial charge in [-0.25, -0.2) is 15.0 Å². The Hall–Kier alpha value is -4.26. The summed E-state index contributed by atoms with van der Waals surface area (Å²) in [7, 11) is 1.92. The maximum absolute atomic E-state index is 4.99. The maximum Gasteiger partial charge on any atom is 0.156 e. The van der Waals surface area contributed by atoms with Crippen LogP contribution in [0.1, 0.15) is 20.8 Å². The zero-order valence-corrected chi connectivity index (χ0v) is 19.6. The van der Waals surface area contributed by atoms with E-state index in [9.17, 15) is 0 Å². The van der Waals surface area contributed by atoms with Crippen molar-refractivity contribution in [3.8, 4) is 33.5 Å². The average Bonchev–Trinajstić information content (AvgIpc) is 3.55. The van der Waals surface area contributed by atoms with E-state index in [0.29, 0.717) is 0 Å². The fourth-order valence-corrected chi connectivity index (χ4v) is 4.36. The van der Waals surface area contributed by atoms with Gasteiger partial charge in [-0.1, -0.05) is 30.3 Å². The summed E-state index contributed by atoms with van der Waals surface area (Å²) in [4.78, 5) is 17.5. The highest BCUT2D eigenvalue weighted by Crippen LogP contribution is 2.32. The first-order valence-corrected chi connectivity index (χ1v) is 11.3. The number of aryl methyl sites for hydroxylation is 1. The molecule has 0 saturated heterocycles. The molecule has 0 aliphatic heterocycles. The Balaban J connectivity index is 1.41. The Morgan fingerprint density at radius 3 is 2.35 bits per heavy atom. The van der Waals surface area contributed by atoms with Gasteiger partial charge in [-0.05, 0) is 44.0 Å². The molecule has 4 aromatic heterocycles. The van der Waals surface area contributed by atoms with Gasteiger partial charge in [0.1, 0.15) is 5.52 Å². The molecule has 34 heavy (non-hydrogen) atoms. The summed E-state index contributed by atoms with van der Waals surface area (Å²) < 4.78 is 4.02. The van der Waals surface area contributed by atoms with Crippen LogP contribution in [0.3, 0.4) is 0 Å². The summed E-state index contributed by atoms with van der Waals surface area (Å²) in [5.74, 6) is 0. The first kappa shape index (κ1) is 20.4. The summed E-state index contributed by atoms with van der Waals surface area (Å²) >= 11 is 0. The third kappa shape index (κ3) is 3.37. The third-order valence-corrected chi connectivity index (χ3v) is 6.18. The normalized spacial score (nSPS) is 12.1. The van der Waals surface area contributed by atoms with E-state index in [0.717, 1.165) is 55.7 Å². The van der Waals surface area contributed by atoms with Crippen LogP contribution in [0.2, 0.25) is 0 Å². The summed E-state index contributed by atoms with van der Waals surface area (Å²) in [6, 6.07) is 14.7. The second-order valence-corrected chi connectivity index (χ2v) is 9.62. The Bertz CT molecular complexity index is 1640. The van der Waals surface area contributed by atoms with Crippen molar-refractivity contribution in [2.75, 3.05) is 0 Å². The zero-order chi connectivity index (χ0) is 23.4. The molecule has 0 radical (unpaired) electrons. The third-order valence-electron chi connectivity index (χ3n) is 6.18. The number of imidazole rings is 1. The van der Waals surface area contributed by atoms with E-state index < -0.39 is 0 Å². The highest BCUT2D eigenvalue weighted by atomic mass is 15.2. The molecule has 4 heterocycles. The maximum atomic E-state index is 4.99. The minimum atomic E-state index is -0.0530. The van der Waals surface area contributed by atoms with E-state index in [2.05, 4.69) is 87.9 Å². The number of fused-ring (bicyclic) bond motifs is 2. The summed E-state index contributed by atoms with van der Waals surface area (Å²) in [6.45, 7) is 6.55. The fraction of sp³-hybridized carbons (Fsp3) is 0.185. The van der Waals surface area contributed by atoms with Gasteiger partial charge in [-0.2, -0.15) is 5.10 Å². The fourth-order valence-electron chi connectivity index (χ4n) is 4.36. The molecule has 7 heteroatoms. The lowest BCUT2D eigenvalue weighted by molar-refractivity contribution is 0.408. The Morgan fingerprint density at radius 1 is 0.853 bits per heavy atom. The number of aromatic amines is 1. The van der Waals surface area contributed by atoms with E-state index in [1.54, 1.807) is 0 Å². The monoisotopic (exact) mass is 447 g/mol. The highest BCUT2D eigenvalue weighted by Gasteiger charge is 2.18. The lowest BCUT2D eigenvalue weighted by Crippen LogP contribution is -2.20. The number of nitrogens with zero attached hydrogens (tertiary/aromatic N) is 6. The second kappa shape index (κ2) is 7.38. The van der Waals surface area contributed by atoms with E-state index >= 15 is 0 Å². The van der Waals surface area contributed by atoms with E-state index in [4.69, 9.17) is 4.98 Å². The van der Waals surface area contributed by atoms with Gasteiger partial charge in [0.2, 0.25) is 0 Å². The first-order chi connectivity index (χ1) is 16.4. The van der Waals surface area contributed by atoms with E-state index in [1.165, 1.54) is 0 Å². The molecular formula is C27H25N7. The first-order valence-electron chi connectivity index (χ1n) is 11.3. The van der Waals surface area contributed by atoms with Crippen molar-refractivity contribution >= 4 is 22.2 Å². The number of benzene rings is 2. The van der Waals surface area contributed by atoms with Crippen LogP contribution in [0, 0.1) is 0 Å². The van der Waals surface area contributed by atoms with Crippen LogP contribution in [0.15, 0.2) is 73.6 Å². The standard InChI is InChI=1S/C27H25N7/c1-27(2,3)34-16-30-22-10-9-19(11-24(22)34)21-13-28-26-25(21)32-23(14-29-26)18-7-5-17(6-8-18)20-12-31-33(4)15-20/h5-16H,1-4H3,(H,28,29). The van der Waals surface area contributed by atoms with Gasteiger partial charge in [0.25, 0.3) is 0 Å². The lowest BCUT2D eigenvalue weighted by Gasteiger charge is -2.21. The van der Waals surface area contributed by atoms with Crippen molar-refractivity contribution in [3.05, 3.63) is 73.6 Å². The van der Waals surface area contributed by atoms with Crippen molar-refractivity contribution in [3.63, 3.8) is 0 Å². The van der Waals surface area contributed by atoms with Crippen LogP contribution in [0.5, 0.6) is 0 Å². The van der Waals surface area contributed by atoms with Crippen molar-refractivity contribution < 1.29 is 0 Å². The quantitative estimate of drug-likeness (QED) is 0.372. The predicted octanol–water partition coefficient (Wildman–Crippen LogP) is 5.80. The summed E-state index contributed by atoms with van der Waals surface area (Å²) in [5, 5.41) is 4.26. The van der Waals surface area contributed by atoms with Crippen molar-refractivity contribution in [2.24, 2.45) is 7.05 Å². The molecule has 0 unspecified atom stereocenters. The van der Waals surface area contributed by atoms with Gasteiger partial charge < -0.3 is 9.55 Å². The molecule has 168 valence electrons. The van der Waals surface area contributed by atoms with Crippen LogP contribution in [-0.4, -0.2) is 34.3 Å². The number of rotatable bonds is 3. The largest absolute Gasteiger partial charge is 0.344 e. The average molecular weight is 448 g/mol. The molecule has 6 aromatic rings. The zero-order valence-electron chi connectivity index (χ0n) is 19.6. The highest BCUT2D eigenvalue weighted by molar-refractivity contribution is 5.94. The molecule has 7 nitrogen and oxygen atoms in total.